The summed E-state index contributed by atoms with van der Waals surface area (Å²) in [6, 6.07) is 3.60. The Morgan fingerprint density at radius 1 is 1.29 bits per heavy atom. The van der Waals surface area contributed by atoms with Crippen molar-refractivity contribution in [2.45, 2.75) is 13.8 Å². The van der Waals surface area contributed by atoms with Crippen LogP contribution in [0.1, 0.15) is 11.1 Å². The third kappa shape index (κ3) is 3.92. The van der Waals surface area contributed by atoms with Gasteiger partial charge in [-0.1, -0.05) is 17.7 Å². The number of halogens is 1. The van der Waals surface area contributed by atoms with Gasteiger partial charge in [-0.3, -0.25) is 4.79 Å². The van der Waals surface area contributed by atoms with Crippen molar-refractivity contribution in [2.75, 3.05) is 5.32 Å². The van der Waals surface area contributed by atoms with Crippen molar-refractivity contribution in [1.82, 2.24) is 0 Å². The number of anilines is 1. The van der Waals surface area contributed by atoms with Crippen molar-refractivity contribution in [3.63, 3.8) is 0 Å². The molecule has 1 amide bonds. The summed E-state index contributed by atoms with van der Waals surface area (Å²) in [5.74, 6) is -1.70. The summed E-state index contributed by atoms with van der Waals surface area (Å²) in [4.78, 5) is 21.6. The summed E-state index contributed by atoms with van der Waals surface area (Å²) < 4.78 is 0. The van der Waals surface area contributed by atoms with Gasteiger partial charge in [-0.25, -0.2) is 4.79 Å². The van der Waals surface area contributed by atoms with Crippen LogP contribution in [0.3, 0.4) is 0 Å². The molecule has 4 nitrogen and oxygen atoms in total. The first-order valence-electron chi connectivity index (χ1n) is 4.89. The molecule has 0 aliphatic heterocycles. The van der Waals surface area contributed by atoms with Crippen LogP contribution in [0.4, 0.5) is 5.69 Å². The molecule has 0 radical (unpaired) electrons. The number of aryl methyl sites for hydroxylation is 2. The number of carbonyl (C=O) groups is 2. The fourth-order valence-corrected chi connectivity index (χ4v) is 1.75. The lowest BCUT2D eigenvalue weighted by molar-refractivity contribution is -0.131. The van der Waals surface area contributed by atoms with E-state index in [0.717, 1.165) is 23.3 Å². The molecule has 0 aliphatic carbocycles. The first-order chi connectivity index (χ1) is 7.90. The van der Waals surface area contributed by atoms with E-state index in [9.17, 15) is 9.59 Å². The molecule has 0 heterocycles. The van der Waals surface area contributed by atoms with Crippen molar-refractivity contribution in [3.05, 3.63) is 40.4 Å². The molecular formula is C12H12ClNO3. The van der Waals surface area contributed by atoms with Crippen LogP contribution in [0.2, 0.25) is 5.02 Å². The van der Waals surface area contributed by atoms with E-state index in [1.807, 2.05) is 19.9 Å². The minimum absolute atomic E-state index is 0.430. The van der Waals surface area contributed by atoms with Crippen molar-refractivity contribution >= 4 is 29.2 Å². The molecule has 90 valence electrons. The largest absolute Gasteiger partial charge is 0.478 e. The minimum Gasteiger partial charge on any atom is -0.478 e. The lowest BCUT2D eigenvalue weighted by atomic mass is 10.1. The number of carboxylic acid groups (broad SMARTS) is 1. The van der Waals surface area contributed by atoms with E-state index in [4.69, 9.17) is 16.7 Å². The number of amides is 1. The SMILES string of the molecule is Cc1cc(C)c(NC(=O)C=CC(=O)O)c(Cl)c1. The number of carboxylic acids is 1. The van der Waals surface area contributed by atoms with Gasteiger partial charge in [-0.15, -0.1) is 0 Å². The van der Waals surface area contributed by atoms with Crippen LogP contribution in [-0.2, 0) is 9.59 Å². The normalized spacial score (nSPS) is 10.5. The fraction of sp³-hybridized carbons (Fsp3) is 0.167. The van der Waals surface area contributed by atoms with Gasteiger partial charge in [0, 0.05) is 12.2 Å². The topological polar surface area (TPSA) is 66.4 Å². The highest BCUT2D eigenvalue weighted by molar-refractivity contribution is 6.34. The summed E-state index contributed by atoms with van der Waals surface area (Å²) in [5, 5.41) is 11.4. The van der Waals surface area contributed by atoms with Gasteiger partial charge < -0.3 is 10.4 Å². The Balaban J connectivity index is 2.89. The first kappa shape index (κ1) is 13.3. The minimum atomic E-state index is -1.17. The summed E-state index contributed by atoms with van der Waals surface area (Å²) in [5.41, 5.74) is 2.32. The predicted octanol–water partition coefficient (Wildman–Crippen LogP) is 2.54. The molecular weight excluding hydrogens is 242 g/mol. The van der Waals surface area contributed by atoms with Gasteiger partial charge in [0.15, 0.2) is 0 Å². The van der Waals surface area contributed by atoms with E-state index in [0.29, 0.717) is 10.7 Å². The van der Waals surface area contributed by atoms with Gasteiger partial charge >= 0.3 is 5.97 Å². The highest BCUT2D eigenvalue weighted by Gasteiger charge is 2.07. The maximum absolute atomic E-state index is 11.4. The smallest absolute Gasteiger partial charge is 0.328 e. The molecule has 2 N–H and O–H groups in total. The lowest BCUT2D eigenvalue weighted by Gasteiger charge is -2.09. The molecule has 0 spiro atoms. The van der Waals surface area contributed by atoms with Gasteiger partial charge in [-0.2, -0.15) is 0 Å². The van der Waals surface area contributed by atoms with E-state index in [2.05, 4.69) is 5.32 Å². The highest BCUT2D eigenvalue weighted by Crippen LogP contribution is 2.27. The Labute approximate surface area is 104 Å². The van der Waals surface area contributed by atoms with Crippen molar-refractivity contribution < 1.29 is 14.7 Å². The van der Waals surface area contributed by atoms with E-state index in [-0.39, 0.29) is 0 Å². The van der Waals surface area contributed by atoms with Gasteiger partial charge in [0.2, 0.25) is 5.91 Å². The van der Waals surface area contributed by atoms with E-state index >= 15 is 0 Å². The van der Waals surface area contributed by atoms with E-state index in [1.54, 1.807) is 6.07 Å². The molecule has 0 aliphatic rings. The molecule has 0 bridgehead atoms. The van der Waals surface area contributed by atoms with Crippen LogP contribution in [0.5, 0.6) is 0 Å². The Hall–Kier alpha value is -1.81. The van der Waals surface area contributed by atoms with Gasteiger partial charge in [0.25, 0.3) is 0 Å². The van der Waals surface area contributed by atoms with Crippen LogP contribution in [0.15, 0.2) is 24.3 Å². The maximum Gasteiger partial charge on any atom is 0.328 e. The predicted molar refractivity (Wildman–Crippen MR) is 66.3 cm³/mol. The average molecular weight is 254 g/mol. The van der Waals surface area contributed by atoms with Gasteiger partial charge in [0.05, 0.1) is 10.7 Å². The standard InChI is InChI=1S/C12H12ClNO3/c1-7-5-8(2)12(9(13)6-7)14-10(15)3-4-11(16)17/h3-6H,1-2H3,(H,14,15)(H,16,17). The van der Waals surface area contributed by atoms with Gasteiger partial charge in [-0.05, 0) is 31.0 Å². The second-order valence-corrected chi connectivity index (χ2v) is 4.01. The summed E-state index contributed by atoms with van der Waals surface area (Å²) in [6.07, 6.45) is 1.71. The fourth-order valence-electron chi connectivity index (χ4n) is 1.39. The Kier molecular flexibility index (Phi) is 4.29. The molecule has 5 heteroatoms. The van der Waals surface area contributed by atoms with Crippen molar-refractivity contribution in [1.29, 1.82) is 0 Å². The number of benzene rings is 1. The zero-order valence-electron chi connectivity index (χ0n) is 9.45. The first-order valence-corrected chi connectivity index (χ1v) is 5.26. The molecule has 1 aromatic carbocycles. The quantitative estimate of drug-likeness (QED) is 0.814. The summed E-state index contributed by atoms with van der Waals surface area (Å²) in [6.45, 7) is 3.71. The highest BCUT2D eigenvalue weighted by atomic mass is 35.5. The molecule has 0 unspecified atom stereocenters. The van der Waals surface area contributed by atoms with Crippen molar-refractivity contribution in [3.8, 4) is 0 Å². The zero-order chi connectivity index (χ0) is 13.0. The number of hydrogen-bond acceptors (Lipinski definition) is 2. The molecule has 0 saturated carbocycles. The lowest BCUT2D eigenvalue weighted by Crippen LogP contribution is -2.10. The second kappa shape index (κ2) is 5.50. The number of nitrogens with one attached hydrogen (secondary N) is 1. The van der Waals surface area contributed by atoms with Crippen LogP contribution in [0.25, 0.3) is 0 Å². The van der Waals surface area contributed by atoms with E-state index in [1.165, 1.54) is 0 Å². The summed E-state index contributed by atoms with van der Waals surface area (Å²) >= 11 is 5.99. The third-order valence-electron chi connectivity index (χ3n) is 2.06. The molecule has 0 saturated heterocycles. The number of carbonyl (C=O) groups excluding carboxylic acids is 1. The average Bonchev–Trinajstić information content (AvgIpc) is 2.20. The number of aliphatic carboxylic acids is 1. The Bertz CT molecular complexity index is 472. The monoisotopic (exact) mass is 253 g/mol. The van der Waals surface area contributed by atoms with Crippen LogP contribution < -0.4 is 5.32 Å². The molecule has 0 fully saturated rings. The third-order valence-corrected chi connectivity index (χ3v) is 2.36. The molecule has 0 aromatic heterocycles. The van der Waals surface area contributed by atoms with Gasteiger partial charge in [0.1, 0.15) is 0 Å². The van der Waals surface area contributed by atoms with Crippen LogP contribution >= 0.6 is 11.6 Å². The molecule has 1 rings (SSSR count). The van der Waals surface area contributed by atoms with Crippen LogP contribution in [0, 0.1) is 13.8 Å². The molecule has 1 aromatic rings. The zero-order valence-corrected chi connectivity index (χ0v) is 10.2. The second-order valence-electron chi connectivity index (χ2n) is 3.60. The number of rotatable bonds is 3. The van der Waals surface area contributed by atoms with Crippen molar-refractivity contribution in [2.24, 2.45) is 0 Å². The van der Waals surface area contributed by atoms with Crippen LogP contribution in [-0.4, -0.2) is 17.0 Å². The van der Waals surface area contributed by atoms with E-state index < -0.39 is 11.9 Å². The maximum atomic E-state index is 11.4. The number of hydrogen-bond donors (Lipinski definition) is 2. The molecule has 17 heavy (non-hydrogen) atoms. The Morgan fingerprint density at radius 2 is 1.94 bits per heavy atom. The summed E-state index contributed by atoms with van der Waals surface area (Å²) in [7, 11) is 0. The molecule has 0 atom stereocenters. The Morgan fingerprint density at radius 3 is 2.47 bits per heavy atom.